The number of benzene rings is 2. The first-order chi connectivity index (χ1) is 13.7. The number of aromatic nitrogens is 1. The molecule has 4 rings (SSSR count). The maximum atomic E-state index is 13.1. The van der Waals surface area contributed by atoms with E-state index in [9.17, 15) is 4.79 Å². The summed E-state index contributed by atoms with van der Waals surface area (Å²) in [5.41, 5.74) is 2.02. The fourth-order valence-corrected chi connectivity index (χ4v) is 4.42. The predicted octanol–water partition coefficient (Wildman–Crippen LogP) is 4.45. The molecule has 0 bridgehead atoms. The molecule has 146 valence electrons. The second kappa shape index (κ2) is 8.71. The Balaban J connectivity index is 1.56. The standard InChI is InChI=1S/C22H24N2O3S/c1-26-17-10-11-20-19(14-17)23-22(28-20)24(15-18-8-5-13-27-18)21(25)12-9-16-6-3-2-4-7-16/h2-4,6-7,10-11,14,18H,5,8-9,12-13,15H2,1H3. The van der Waals surface area contributed by atoms with Crippen LogP contribution in [0.3, 0.4) is 0 Å². The van der Waals surface area contributed by atoms with Crippen LogP contribution >= 0.6 is 11.3 Å². The maximum absolute atomic E-state index is 13.1. The number of carbonyl (C=O) groups excluding carboxylic acids is 1. The van der Waals surface area contributed by atoms with Gasteiger partial charge in [-0.15, -0.1) is 0 Å². The number of carbonyl (C=O) groups is 1. The van der Waals surface area contributed by atoms with E-state index < -0.39 is 0 Å². The van der Waals surface area contributed by atoms with Gasteiger partial charge in [0.25, 0.3) is 0 Å². The van der Waals surface area contributed by atoms with Crippen LogP contribution in [0.1, 0.15) is 24.8 Å². The maximum Gasteiger partial charge on any atom is 0.229 e. The van der Waals surface area contributed by atoms with Crippen molar-refractivity contribution in [2.75, 3.05) is 25.2 Å². The minimum absolute atomic E-state index is 0.0854. The summed E-state index contributed by atoms with van der Waals surface area (Å²) in [5, 5.41) is 0.733. The van der Waals surface area contributed by atoms with Crippen molar-refractivity contribution in [1.82, 2.24) is 4.98 Å². The zero-order valence-corrected chi connectivity index (χ0v) is 16.8. The van der Waals surface area contributed by atoms with Crippen molar-refractivity contribution in [2.45, 2.75) is 31.8 Å². The van der Waals surface area contributed by atoms with Crippen LogP contribution in [0.2, 0.25) is 0 Å². The van der Waals surface area contributed by atoms with Gasteiger partial charge in [0.15, 0.2) is 5.13 Å². The number of anilines is 1. The van der Waals surface area contributed by atoms with Crippen molar-refractivity contribution < 1.29 is 14.3 Å². The van der Waals surface area contributed by atoms with Gasteiger partial charge >= 0.3 is 0 Å². The van der Waals surface area contributed by atoms with Crippen LogP contribution in [-0.2, 0) is 16.0 Å². The van der Waals surface area contributed by atoms with Gasteiger partial charge in [0.1, 0.15) is 5.75 Å². The first-order valence-electron chi connectivity index (χ1n) is 9.63. The summed E-state index contributed by atoms with van der Waals surface area (Å²) in [5.74, 6) is 0.857. The van der Waals surface area contributed by atoms with E-state index in [-0.39, 0.29) is 12.0 Å². The third-order valence-corrected chi connectivity index (χ3v) is 6.06. The van der Waals surface area contributed by atoms with Crippen molar-refractivity contribution >= 4 is 32.6 Å². The molecule has 1 unspecified atom stereocenters. The molecule has 1 aliphatic heterocycles. The van der Waals surface area contributed by atoms with Crippen molar-refractivity contribution in [3.63, 3.8) is 0 Å². The van der Waals surface area contributed by atoms with E-state index in [0.717, 1.165) is 47.0 Å². The summed E-state index contributed by atoms with van der Waals surface area (Å²) in [6, 6.07) is 15.9. The topological polar surface area (TPSA) is 51.7 Å². The molecule has 0 saturated carbocycles. The Bertz CT molecular complexity index is 935. The van der Waals surface area contributed by atoms with E-state index in [1.54, 1.807) is 18.4 Å². The molecule has 1 aromatic heterocycles. The average molecular weight is 397 g/mol. The van der Waals surface area contributed by atoms with Gasteiger partial charge in [0, 0.05) is 19.1 Å². The summed E-state index contributed by atoms with van der Waals surface area (Å²) in [4.78, 5) is 19.7. The molecule has 2 aromatic carbocycles. The van der Waals surface area contributed by atoms with E-state index in [2.05, 4.69) is 12.1 Å². The summed E-state index contributed by atoms with van der Waals surface area (Å²) in [6.45, 7) is 1.33. The SMILES string of the molecule is COc1ccc2sc(N(CC3CCCO3)C(=O)CCc3ccccc3)nc2c1. The molecule has 1 aliphatic rings. The van der Waals surface area contributed by atoms with Gasteiger partial charge in [-0.2, -0.15) is 0 Å². The number of amides is 1. The highest BCUT2D eigenvalue weighted by Gasteiger charge is 2.26. The van der Waals surface area contributed by atoms with Gasteiger partial charge in [-0.1, -0.05) is 41.7 Å². The second-order valence-corrected chi connectivity index (χ2v) is 7.96. The van der Waals surface area contributed by atoms with E-state index in [0.29, 0.717) is 13.0 Å². The third kappa shape index (κ3) is 4.34. The van der Waals surface area contributed by atoms with Crippen molar-refractivity contribution in [2.24, 2.45) is 0 Å². The van der Waals surface area contributed by atoms with Crippen LogP contribution in [0, 0.1) is 0 Å². The summed E-state index contributed by atoms with van der Waals surface area (Å²) in [7, 11) is 1.64. The van der Waals surface area contributed by atoms with Crippen molar-refractivity contribution in [3.05, 3.63) is 54.1 Å². The molecule has 2 heterocycles. The Hall–Kier alpha value is -2.44. The number of methoxy groups -OCH3 is 1. The third-order valence-electron chi connectivity index (χ3n) is 5.00. The minimum Gasteiger partial charge on any atom is -0.497 e. The molecule has 0 N–H and O–H groups in total. The zero-order valence-electron chi connectivity index (χ0n) is 16.0. The molecule has 3 aromatic rings. The Kier molecular flexibility index (Phi) is 5.88. The highest BCUT2D eigenvalue weighted by Crippen LogP contribution is 2.32. The second-order valence-electron chi connectivity index (χ2n) is 6.96. The number of fused-ring (bicyclic) bond motifs is 1. The molecule has 0 aliphatic carbocycles. The van der Waals surface area contributed by atoms with Crippen LogP contribution in [0.25, 0.3) is 10.2 Å². The molecule has 0 spiro atoms. The van der Waals surface area contributed by atoms with Crippen LogP contribution in [0.5, 0.6) is 5.75 Å². The summed E-state index contributed by atoms with van der Waals surface area (Å²) < 4.78 is 12.1. The fraction of sp³-hybridized carbons (Fsp3) is 0.364. The van der Waals surface area contributed by atoms with Crippen LogP contribution in [0.15, 0.2) is 48.5 Å². The Morgan fingerprint density at radius 2 is 2.14 bits per heavy atom. The monoisotopic (exact) mass is 396 g/mol. The number of rotatable bonds is 7. The van der Waals surface area contributed by atoms with Gasteiger partial charge in [-0.25, -0.2) is 4.98 Å². The van der Waals surface area contributed by atoms with Crippen molar-refractivity contribution in [1.29, 1.82) is 0 Å². The van der Waals surface area contributed by atoms with E-state index in [1.165, 1.54) is 5.56 Å². The number of hydrogen-bond donors (Lipinski definition) is 0. The summed E-state index contributed by atoms with van der Waals surface area (Å²) in [6.07, 6.45) is 3.30. The quantitative estimate of drug-likeness (QED) is 0.592. The summed E-state index contributed by atoms with van der Waals surface area (Å²) >= 11 is 1.54. The largest absolute Gasteiger partial charge is 0.497 e. The number of ether oxygens (including phenoxy) is 2. The molecule has 1 atom stereocenters. The lowest BCUT2D eigenvalue weighted by atomic mass is 10.1. The average Bonchev–Trinajstić information content (AvgIpc) is 3.39. The van der Waals surface area contributed by atoms with E-state index in [1.807, 2.05) is 41.3 Å². The molecule has 5 nitrogen and oxygen atoms in total. The molecule has 28 heavy (non-hydrogen) atoms. The van der Waals surface area contributed by atoms with Gasteiger partial charge in [-0.05, 0) is 37.0 Å². The number of thiazole rings is 1. The number of aryl methyl sites for hydroxylation is 1. The molecule has 1 amide bonds. The van der Waals surface area contributed by atoms with Crippen LogP contribution in [-0.4, -0.2) is 37.3 Å². The van der Waals surface area contributed by atoms with Crippen molar-refractivity contribution in [3.8, 4) is 5.75 Å². The van der Waals surface area contributed by atoms with Gasteiger partial charge < -0.3 is 9.47 Å². The van der Waals surface area contributed by atoms with Gasteiger partial charge in [0.05, 0.1) is 30.0 Å². The minimum atomic E-state index is 0.0854. The first-order valence-corrected chi connectivity index (χ1v) is 10.4. The first kappa shape index (κ1) is 18.9. The normalized spacial score (nSPS) is 16.4. The predicted molar refractivity (Wildman–Crippen MR) is 112 cm³/mol. The lowest BCUT2D eigenvalue weighted by molar-refractivity contribution is -0.119. The van der Waals surface area contributed by atoms with E-state index >= 15 is 0 Å². The lowest BCUT2D eigenvalue weighted by Gasteiger charge is -2.23. The zero-order chi connectivity index (χ0) is 19.3. The smallest absolute Gasteiger partial charge is 0.229 e. The number of nitrogens with zero attached hydrogens (tertiary/aromatic N) is 2. The Labute approximate surface area is 168 Å². The van der Waals surface area contributed by atoms with Crippen LogP contribution in [0.4, 0.5) is 5.13 Å². The fourth-order valence-electron chi connectivity index (χ4n) is 3.45. The highest BCUT2D eigenvalue weighted by atomic mass is 32.1. The molecule has 6 heteroatoms. The van der Waals surface area contributed by atoms with Gasteiger partial charge in [-0.3, -0.25) is 9.69 Å². The van der Waals surface area contributed by atoms with E-state index in [4.69, 9.17) is 14.5 Å². The molecule has 1 saturated heterocycles. The molecular formula is C22H24N2O3S. The Morgan fingerprint density at radius 1 is 1.29 bits per heavy atom. The number of hydrogen-bond acceptors (Lipinski definition) is 5. The Morgan fingerprint density at radius 3 is 2.89 bits per heavy atom. The highest BCUT2D eigenvalue weighted by molar-refractivity contribution is 7.22. The lowest BCUT2D eigenvalue weighted by Crippen LogP contribution is -2.37. The van der Waals surface area contributed by atoms with Crippen LogP contribution < -0.4 is 9.64 Å². The molecule has 1 fully saturated rings. The van der Waals surface area contributed by atoms with Gasteiger partial charge in [0.2, 0.25) is 5.91 Å². The molecule has 0 radical (unpaired) electrons. The molecular weight excluding hydrogens is 372 g/mol.